The molecule has 1 aromatic rings. The van der Waals surface area contributed by atoms with Gasteiger partial charge in [-0.3, -0.25) is 4.79 Å². The van der Waals surface area contributed by atoms with Crippen LogP contribution in [0, 0.1) is 5.92 Å². The summed E-state index contributed by atoms with van der Waals surface area (Å²) in [6.07, 6.45) is 0. The Balaban J connectivity index is 2.03. The minimum absolute atomic E-state index is 0.00231. The second kappa shape index (κ2) is 4.85. The highest BCUT2D eigenvalue weighted by molar-refractivity contribution is 6.33. The van der Waals surface area contributed by atoms with Gasteiger partial charge in [0.25, 0.3) is 5.91 Å². The van der Waals surface area contributed by atoms with Crippen LogP contribution in [0.5, 0.6) is 0 Å². The summed E-state index contributed by atoms with van der Waals surface area (Å²) in [5.41, 5.74) is 0.582. The molecular weight excluding hydrogens is 224 g/mol. The average molecular weight is 239 g/mol. The van der Waals surface area contributed by atoms with E-state index >= 15 is 0 Å². The Morgan fingerprint density at radius 1 is 1.50 bits per heavy atom. The zero-order valence-corrected chi connectivity index (χ0v) is 10.00. The van der Waals surface area contributed by atoms with Gasteiger partial charge in [-0.1, -0.05) is 23.7 Å². The minimum Gasteiger partial charge on any atom is -0.341 e. The van der Waals surface area contributed by atoms with Gasteiger partial charge in [-0.15, -0.1) is 0 Å². The molecule has 4 heteroatoms. The van der Waals surface area contributed by atoms with Crippen molar-refractivity contribution in [3.63, 3.8) is 0 Å². The van der Waals surface area contributed by atoms with E-state index < -0.39 is 0 Å². The van der Waals surface area contributed by atoms with Crippen LogP contribution in [-0.2, 0) is 0 Å². The third kappa shape index (κ3) is 2.36. The number of amides is 1. The molecule has 1 aliphatic heterocycles. The molecule has 0 aromatic heterocycles. The molecule has 0 radical (unpaired) electrons. The van der Waals surface area contributed by atoms with Crippen LogP contribution in [0.2, 0.25) is 5.02 Å². The van der Waals surface area contributed by atoms with E-state index in [9.17, 15) is 4.79 Å². The summed E-state index contributed by atoms with van der Waals surface area (Å²) in [5.74, 6) is 0.578. The Labute approximate surface area is 100 Å². The fourth-order valence-corrected chi connectivity index (χ4v) is 2.00. The predicted molar refractivity (Wildman–Crippen MR) is 64.8 cm³/mol. The third-order valence-electron chi connectivity index (χ3n) is 2.85. The molecule has 1 amide bonds. The molecule has 0 aliphatic carbocycles. The lowest BCUT2D eigenvalue weighted by Gasteiger charge is -2.31. The minimum atomic E-state index is -0.00231. The number of hydrogen-bond donors (Lipinski definition) is 1. The normalized spacial score (nSPS) is 15.6. The zero-order chi connectivity index (χ0) is 11.5. The maximum atomic E-state index is 12.1. The molecule has 0 atom stereocenters. The molecule has 3 nitrogen and oxygen atoms in total. The lowest BCUT2D eigenvalue weighted by atomic mass is 10.0. The summed E-state index contributed by atoms with van der Waals surface area (Å²) in [6.45, 7) is 2.79. The van der Waals surface area contributed by atoms with Crippen molar-refractivity contribution in [1.29, 1.82) is 0 Å². The van der Waals surface area contributed by atoms with E-state index in [0.29, 0.717) is 16.5 Å². The fourth-order valence-electron chi connectivity index (χ4n) is 1.79. The van der Waals surface area contributed by atoms with Crippen molar-refractivity contribution in [2.75, 3.05) is 26.7 Å². The van der Waals surface area contributed by atoms with Crippen LogP contribution in [0.1, 0.15) is 10.4 Å². The predicted octanol–water partition coefficient (Wildman–Crippen LogP) is 1.63. The summed E-state index contributed by atoms with van der Waals surface area (Å²) >= 11 is 5.99. The standard InChI is InChI=1S/C12H15ClN2O/c1-15(8-9-6-14-7-9)12(16)10-4-2-3-5-11(10)13/h2-5,9,14H,6-8H2,1H3. The fraction of sp³-hybridized carbons (Fsp3) is 0.417. The zero-order valence-electron chi connectivity index (χ0n) is 9.24. The van der Waals surface area contributed by atoms with E-state index in [1.165, 1.54) is 0 Å². The highest BCUT2D eigenvalue weighted by atomic mass is 35.5. The van der Waals surface area contributed by atoms with Crippen molar-refractivity contribution < 1.29 is 4.79 Å². The van der Waals surface area contributed by atoms with Crippen LogP contribution in [0.25, 0.3) is 0 Å². The summed E-state index contributed by atoms with van der Waals surface area (Å²) in [7, 11) is 1.82. The second-order valence-corrected chi connectivity index (χ2v) is 4.60. The van der Waals surface area contributed by atoms with E-state index in [2.05, 4.69) is 5.32 Å². The third-order valence-corrected chi connectivity index (χ3v) is 3.18. The topological polar surface area (TPSA) is 32.3 Å². The Bertz CT molecular complexity index is 390. The van der Waals surface area contributed by atoms with Crippen LogP contribution in [0.4, 0.5) is 0 Å². The van der Waals surface area contributed by atoms with Gasteiger partial charge in [0.15, 0.2) is 0 Å². The number of nitrogens with zero attached hydrogens (tertiary/aromatic N) is 1. The molecule has 2 rings (SSSR count). The molecular formula is C12H15ClN2O. The first-order valence-corrected chi connectivity index (χ1v) is 5.77. The Morgan fingerprint density at radius 3 is 2.75 bits per heavy atom. The molecule has 86 valence electrons. The SMILES string of the molecule is CN(CC1CNC1)C(=O)c1ccccc1Cl. The lowest BCUT2D eigenvalue weighted by Crippen LogP contribution is -2.48. The van der Waals surface area contributed by atoms with E-state index in [1.807, 2.05) is 19.2 Å². The van der Waals surface area contributed by atoms with Gasteiger partial charge in [0.05, 0.1) is 10.6 Å². The molecule has 0 bridgehead atoms. The average Bonchev–Trinajstić information content (AvgIpc) is 2.23. The van der Waals surface area contributed by atoms with Gasteiger partial charge in [0.1, 0.15) is 0 Å². The quantitative estimate of drug-likeness (QED) is 0.868. The van der Waals surface area contributed by atoms with Crippen molar-refractivity contribution in [3.8, 4) is 0 Å². The second-order valence-electron chi connectivity index (χ2n) is 4.19. The van der Waals surface area contributed by atoms with Crippen LogP contribution >= 0.6 is 11.6 Å². The van der Waals surface area contributed by atoms with Gasteiger partial charge in [0, 0.05) is 32.6 Å². The van der Waals surface area contributed by atoms with E-state index in [1.54, 1.807) is 17.0 Å². The smallest absolute Gasteiger partial charge is 0.255 e. The van der Waals surface area contributed by atoms with Gasteiger partial charge in [-0.25, -0.2) is 0 Å². The summed E-state index contributed by atoms with van der Waals surface area (Å²) in [5, 5.41) is 3.71. The molecule has 0 spiro atoms. The number of benzene rings is 1. The number of carbonyl (C=O) groups is 1. The number of rotatable bonds is 3. The summed E-state index contributed by atoms with van der Waals surface area (Å²) < 4.78 is 0. The number of hydrogen-bond acceptors (Lipinski definition) is 2. The van der Waals surface area contributed by atoms with Crippen molar-refractivity contribution in [2.45, 2.75) is 0 Å². The van der Waals surface area contributed by atoms with E-state index in [-0.39, 0.29) is 5.91 Å². The maximum absolute atomic E-state index is 12.1. The van der Waals surface area contributed by atoms with Gasteiger partial charge < -0.3 is 10.2 Å². The van der Waals surface area contributed by atoms with Crippen molar-refractivity contribution in [3.05, 3.63) is 34.9 Å². The Hall–Kier alpha value is -1.06. The van der Waals surface area contributed by atoms with Crippen molar-refractivity contribution >= 4 is 17.5 Å². The molecule has 0 saturated carbocycles. The highest BCUT2D eigenvalue weighted by Gasteiger charge is 2.22. The number of carbonyl (C=O) groups excluding carboxylic acids is 1. The Morgan fingerprint density at radius 2 is 2.19 bits per heavy atom. The molecule has 1 heterocycles. The largest absolute Gasteiger partial charge is 0.341 e. The first-order chi connectivity index (χ1) is 7.68. The van der Waals surface area contributed by atoms with E-state index in [4.69, 9.17) is 11.6 Å². The Kier molecular flexibility index (Phi) is 3.46. The van der Waals surface area contributed by atoms with Crippen LogP contribution in [-0.4, -0.2) is 37.5 Å². The van der Waals surface area contributed by atoms with Gasteiger partial charge in [-0.2, -0.15) is 0 Å². The van der Waals surface area contributed by atoms with Crippen LogP contribution < -0.4 is 5.32 Å². The monoisotopic (exact) mass is 238 g/mol. The molecule has 1 fully saturated rings. The maximum Gasteiger partial charge on any atom is 0.255 e. The number of halogens is 1. The summed E-state index contributed by atoms with van der Waals surface area (Å²) in [6, 6.07) is 7.17. The van der Waals surface area contributed by atoms with Gasteiger partial charge >= 0.3 is 0 Å². The highest BCUT2D eigenvalue weighted by Crippen LogP contribution is 2.17. The number of nitrogens with one attached hydrogen (secondary N) is 1. The summed E-state index contributed by atoms with van der Waals surface area (Å²) in [4.78, 5) is 13.8. The van der Waals surface area contributed by atoms with E-state index in [0.717, 1.165) is 19.6 Å². The molecule has 0 unspecified atom stereocenters. The molecule has 1 saturated heterocycles. The van der Waals surface area contributed by atoms with Crippen molar-refractivity contribution in [2.24, 2.45) is 5.92 Å². The van der Waals surface area contributed by atoms with Crippen LogP contribution in [0.3, 0.4) is 0 Å². The van der Waals surface area contributed by atoms with Gasteiger partial charge in [-0.05, 0) is 12.1 Å². The molecule has 1 aromatic carbocycles. The molecule has 1 N–H and O–H groups in total. The molecule has 16 heavy (non-hydrogen) atoms. The van der Waals surface area contributed by atoms with Crippen LogP contribution in [0.15, 0.2) is 24.3 Å². The lowest BCUT2D eigenvalue weighted by molar-refractivity contribution is 0.0756. The molecule has 1 aliphatic rings. The van der Waals surface area contributed by atoms with Gasteiger partial charge in [0.2, 0.25) is 0 Å². The van der Waals surface area contributed by atoms with Crippen molar-refractivity contribution in [1.82, 2.24) is 10.2 Å². The first-order valence-electron chi connectivity index (χ1n) is 5.39. The first kappa shape index (κ1) is 11.4.